The Bertz CT molecular complexity index is 2620. The predicted molar refractivity (Wildman–Crippen MR) is 257 cm³/mol. The zero-order valence-electron chi connectivity index (χ0n) is 36.9. The van der Waals surface area contributed by atoms with Crippen LogP contribution < -0.4 is 30.8 Å². The number of rotatable bonds is 17. The van der Waals surface area contributed by atoms with Crippen molar-refractivity contribution in [2.45, 2.75) is 45.1 Å². The lowest BCUT2D eigenvalue weighted by Gasteiger charge is -2.37. The molecule has 0 bridgehead atoms. The first-order valence-corrected chi connectivity index (χ1v) is 25.6. The first-order valence-electron chi connectivity index (χ1n) is 21.7. The van der Waals surface area contributed by atoms with E-state index in [4.69, 9.17) is 16.1 Å². The lowest BCUT2D eigenvalue weighted by atomic mass is 9.99. The molecule has 14 nitrogen and oxygen atoms in total. The lowest BCUT2D eigenvalue weighted by Crippen LogP contribution is -2.46. The Morgan fingerprint density at radius 3 is 2.17 bits per heavy atom. The number of anilines is 4. The number of nitrogens with one attached hydrogen (secondary N) is 3. The molecule has 0 saturated carbocycles. The quantitative estimate of drug-likeness (QED) is 0.0353. The van der Waals surface area contributed by atoms with Crippen molar-refractivity contribution in [1.82, 2.24) is 14.8 Å². The second kappa shape index (κ2) is 20.1. The molecule has 2 aliphatic rings. The van der Waals surface area contributed by atoms with Crippen LogP contribution in [0, 0.1) is 22.9 Å². The number of hydrogen-bond acceptors (Lipinski definition) is 11. The van der Waals surface area contributed by atoms with E-state index in [1.165, 1.54) is 24.5 Å². The van der Waals surface area contributed by atoms with Crippen molar-refractivity contribution in [2.24, 2.45) is 0 Å². The van der Waals surface area contributed by atoms with E-state index in [0.29, 0.717) is 77.3 Å². The van der Waals surface area contributed by atoms with Crippen molar-refractivity contribution in [3.8, 4) is 22.4 Å². The van der Waals surface area contributed by atoms with Gasteiger partial charge in [0.2, 0.25) is 0 Å². The monoisotopic (exact) mass is 934 g/mol. The fourth-order valence-corrected chi connectivity index (χ4v) is 11.9. The van der Waals surface area contributed by atoms with Gasteiger partial charge in [0.25, 0.3) is 5.69 Å². The zero-order valence-corrected chi connectivity index (χ0v) is 39.4. The van der Waals surface area contributed by atoms with Crippen LogP contribution in [0.15, 0.2) is 89.8 Å². The highest BCUT2D eigenvalue weighted by Crippen LogP contribution is 2.48. The maximum atomic E-state index is 15.7. The smallest absolute Gasteiger partial charge is 0.324 e. The molecule has 3 heterocycles. The molecule has 1 atom stereocenters. The highest BCUT2D eigenvalue weighted by molar-refractivity contribution is 7.91. The summed E-state index contributed by atoms with van der Waals surface area (Å²) in [4.78, 5) is 18.5. The van der Waals surface area contributed by atoms with E-state index in [1.807, 2.05) is 48.7 Å². The van der Waals surface area contributed by atoms with Crippen LogP contribution in [0.25, 0.3) is 22.4 Å². The summed E-state index contributed by atoms with van der Waals surface area (Å²) in [7, 11) is -7.52. The van der Waals surface area contributed by atoms with E-state index in [2.05, 4.69) is 30.4 Å². The summed E-state index contributed by atoms with van der Waals surface area (Å²) < 4.78 is 64.8. The van der Waals surface area contributed by atoms with Crippen LogP contribution in [-0.2, 0) is 18.9 Å². The largest absolute Gasteiger partial charge is 0.379 e. The molecule has 64 heavy (non-hydrogen) atoms. The van der Waals surface area contributed by atoms with Crippen molar-refractivity contribution in [2.75, 3.05) is 98.5 Å². The van der Waals surface area contributed by atoms with Crippen molar-refractivity contribution in [1.29, 1.82) is 0 Å². The SMILES string of the molecule is CCOP(=O)(Nc1ccc(N2CCN(c3cc(F)cc(-c4c(S(C)(=O)=O)c(C)n(C(C)C)c4-c4ccc(Cl)cc4)c3)CC2)cc1)c1ccc(NCCCN2CCNCC2)c([N+](=O)[O-])c1. The third-order valence-corrected chi connectivity index (χ3v) is 15.4. The van der Waals surface area contributed by atoms with Gasteiger partial charge in [-0.05, 0) is 119 Å². The molecule has 2 fully saturated rings. The van der Waals surface area contributed by atoms with Gasteiger partial charge < -0.3 is 39.5 Å². The Morgan fingerprint density at radius 1 is 0.906 bits per heavy atom. The summed E-state index contributed by atoms with van der Waals surface area (Å²) in [5, 5.41) is 22.5. The van der Waals surface area contributed by atoms with Gasteiger partial charge in [0.05, 0.1) is 27.4 Å². The van der Waals surface area contributed by atoms with E-state index in [-0.39, 0.29) is 28.5 Å². The summed E-state index contributed by atoms with van der Waals surface area (Å²) in [6.45, 7) is 15.3. The van der Waals surface area contributed by atoms with E-state index in [1.54, 1.807) is 50.2 Å². The maximum Gasteiger partial charge on any atom is 0.324 e. The number of piperazine rings is 2. The van der Waals surface area contributed by atoms with E-state index < -0.39 is 28.1 Å². The number of nitro benzene ring substituents is 1. The minimum absolute atomic E-state index is 0.0911. The molecule has 7 rings (SSSR count). The van der Waals surface area contributed by atoms with Gasteiger partial charge in [-0.25, -0.2) is 12.8 Å². The summed E-state index contributed by atoms with van der Waals surface area (Å²) in [6.07, 6.45) is 2.02. The molecule has 1 unspecified atom stereocenters. The molecule has 18 heteroatoms. The Kier molecular flexibility index (Phi) is 14.7. The average molecular weight is 936 g/mol. The Balaban J connectivity index is 1.05. The topological polar surface area (TPSA) is 154 Å². The standard InChI is InChI=1S/C46H57ClFN8O6PS/c1-6-62-63(59,41-16-17-42(43(31-41)56(57)58)50-18-7-21-52-22-19-49-20-23-52)51-38-12-14-39(15-13-38)53-24-26-54(27-25-53)40-29-35(28-37(48)30-40)44-45(34-8-10-36(47)11-9-34)55(32(2)3)33(4)46(44)64(5,60)61/h8-17,28-32,49-50H,6-7,18-27H2,1-5H3,(H,51,59). The van der Waals surface area contributed by atoms with E-state index >= 15 is 4.39 Å². The second-order valence-corrected chi connectivity index (χ2v) is 21.0. The number of nitrogens with zero attached hydrogens (tertiary/aromatic N) is 5. The highest BCUT2D eigenvalue weighted by atomic mass is 35.5. The van der Waals surface area contributed by atoms with Crippen molar-refractivity contribution < 1.29 is 26.8 Å². The van der Waals surface area contributed by atoms with Crippen LogP contribution >= 0.6 is 19.1 Å². The molecule has 0 aliphatic carbocycles. The van der Waals surface area contributed by atoms with Crippen molar-refractivity contribution >= 4 is 62.7 Å². The molecule has 1 aromatic heterocycles. The Hall–Kier alpha value is -4.96. The molecule has 5 aromatic rings. The van der Waals surface area contributed by atoms with Crippen LogP contribution in [0.2, 0.25) is 5.02 Å². The Morgan fingerprint density at radius 2 is 1.56 bits per heavy atom. The van der Waals surface area contributed by atoms with Gasteiger partial charge in [-0.3, -0.25) is 14.7 Å². The van der Waals surface area contributed by atoms with Crippen LogP contribution in [0.4, 0.5) is 32.8 Å². The third-order valence-electron chi connectivity index (χ3n) is 11.7. The van der Waals surface area contributed by atoms with E-state index in [0.717, 1.165) is 50.4 Å². The number of halogens is 2. The highest BCUT2D eigenvalue weighted by Gasteiger charge is 2.32. The molecule has 0 radical (unpaired) electrons. The van der Waals surface area contributed by atoms with Gasteiger partial charge in [0.15, 0.2) is 9.84 Å². The number of hydrogen-bond donors (Lipinski definition) is 3. The summed E-state index contributed by atoms with van der Waals surface area (Å²) in [5.74, 6) is -0.474. The number of sulfone groups is 1. The van der Waals surface area contributed by atoms with Gasteiger partial charge in [0.1, 0.15) is 11.5 Å². The summed E-state index contributed by atoms with van der Waals surface area (Å²) in [6, 6.07) is 23.9. The minimum Gasteiger partial charge on any atom is -0.379 e. The number of benzene rings is 4. The first-order chi connectivity index (χ1) is 30.6. The first kappa shape index (κ1) is 47.0. The molecular weight excluding hydrogens is 878 g/mol. The van der Waals surface area contributed by atoms with Crippen LogP contribution in [-0.4, -0.2) is 101 Å². The number of aromatic nitrogens is 1. The van der Waals surface area contributed by atoms with Gasteiger partial charge in [0, 0.05) is 111 Å². The fraction of sp³-hybridized carbons (Fsp3) is 0.391. The maximum absolute atomic E-state index is 15.7. The summed E-state index contributed by atoms with van der Waals surface area (Å²) in [5.41, 5.74) is 5.24. The fourth-order valence-electron chi connectivity index (χ4n) is 8.80. The lowest BCUT2D eigenvalue weighted by molar-refractivity contribution is -0.383. The van der Waals surface area contributed by atoms with Gasteiger partial charge in [-0.2, -0.15) is 0 Å². The van der Waals surface area contributed by atoms with Crippen molar-refractivity contribution in [3.63, 3.8) is 0 Å². The van der Waals surface area contributed by atoms with Crippen LogP contribution in [0.3, 0.4) is 0 Å². The minimum atomic E-state index is -3.78. The second-order valence-electron chi connectivity index (χ2n) is 16.5. The van der Waals surface area contributed by atoms with Gasteiger partial charge in [-0.1, -0.05) is 23.7 Å². The third kappa shape index (κ3) is 10.6. The van der Waals surface area contributed by atoms with Gasteiger partial charge in [-0.15, -0.1) is 0 Å². The van der Waals surface area contributed by atoms with Crippen LogP contribution in [0.5, 0.6) is 0 Å². The molecule has 342 valence electrons. The van der Waals surface area contributed by atoms with Crippen molar-refractivity contribution in [3.05, 3.63) is 112 Å². The average Bonchev–Trinajstić information content (AvgIpc) is 3.59. The molecule has 4 aromatic carbocycles. The molecule has 0 spiro atoms. The van der Waals surface area contributed by atoms with Gasteiger partial charge >= 0.3 is 7.52 Å². The molecule has 3 N–H and O–H groups in total. The zero-order chi connectivity index (χ0) is 45.8. The normalized spacial score (nSPS) is 15.9. The molecule has 2 aliphatic heterocycles. The van der Waals surface area contributed by atoms with E-state index in [9.17, 15) is 23.1 Å². The molecule has 2 saturated heterocycles. The number of nitro groups is 1. The Labute approximate surface area is 380 Å². The summed E-state index contributed by atoms with van der Waals surface area (Å²) >= 11 is 6.25. The predicted octanol–water partition coefficient (Wildman–Crippen LogP) is 8.82. The molecular formula is C46H57ClFN8O6PS. The molecule has 0 amide bonds. The van der Waals surface area contributed by atoms with Crippen LogP contribution in [0.1, 0.15) is 38.9 Å².